The minimum absolute atomic E-state index is 0.0411. The van der Waals surface area contributed by atoms with Gasteiger partial charge in [-0.25, -0.2) is 0 Å². The highest BCUT2D eigenvalue weighted by Crippen LogP contribution is 2.41. The quantitative estimate of drug-likeness (QED) is 0.149. The van der Waals surface area contributed by atoms with Crippen molar-refractivity contribution in [3.63, 3.8) is 0 Å². The summed E-state index contributed by atoms with van der Waals surface area (Å²) in [6.07, 6.45) is 3.57. The number of phenols is 2. The Balaban J connectivity index is 1.55. The Labute approximate surface area is 322 Å². The van der Waals surface area contributed by atoms with Gasteiger partial charge in [0, 0.05) is 37.1 Å². The van der Waals surface area contributed by atoms with Crippen molar-refractivity contribution in [3.8, 4) is 11.5 Å². The fourth-order valence-corrected chi connectivity index (χ4v) is 6.49. The summed E-state index contributed by atoms with van der Waals surface area (Å²) in [5, 5.41) is 27.5. The normalized spacial score (nSPS) is 15.4. The second-order valence-corrected chi connectivity index (χ2v) is 18.8. The highest BCUT2D eigenvalue weighted by Gasteiger charge is 2.30. The third kappa shape index (κ3) is 11.4. The summed E-state index contributed by atoms with van der Waals surface area (Å²) in [4.78, 5) is 51.8. The molecule has 54 heavy (non-hydrogen) atoms. The van der Waals surface area contributed by atoms with Crippen molar-refractivity contribution in [2.75, 3.05) is 13.1 Å². The van der Waals surface area contributed by atoms with Crippen LogP contribution in [-0.2, 0) is 53.7 Å². The molecule has 2 amide bonds. The van der Waals surface area contributed by atoms with Gasteiger partial charge in [-0.15, -0.1) is 0 Å². The van der Waals surface area contributed by atoms with E-state index in [1.165, 1.54) is 12.2 Å². The monoisotopic (exact) mass is 744 g/mol. The van der Waals surface area contributed by atoms with Crippen molar-refractivity contribution in [1.29, 1.82) is 0 Å². The molecule has 0 saturated heterocycles. The van der Waals surface area contributed by atoms with E-state index in [4.69, 9.17) is 11.5 Å². The number of hydrogen-bond acceptors (Lipinski definition) is 8. The predicted octanol–water partition coefficient (Wildman–Crippen LogP) is 5.74. The Morgan fingerprint density at radius 2 is 0.815 bits per heavy atom. The zero-order chi connectivity index (χ0) is 41.1. The number of hydrogen-bond donors (Lipinski definition) is 6. The van der Waals surface area contributed by atoms with Gasteiger partial charge in [-0.1, -0.05) is 107 Å². The molecule has 296 valence electrons. The molecule has 0 aliphatic heterocycles. The molecule has 0 radical (unpaired) electrons. The first-order valence-electron chi connectivity index (χ1n) is 18.9. The van der Waals surface area contributed by atoms with E-state index in [0.717, 1.165) is 33.4 Å². The smallest absolute Gasteiger partial charge is 0.220 e. The van der Waals surface area contributed by atoms with E-state index in [9.17, 15) is 29.4 Å². The molecule has 0 spiro atoms. The molecule has 0 heterocycles. The molecule has 0 saturated carbocycles. The van der Waals surface area contributed by atoms with Crippen LogP contribution in [0.4, 0.5) is 0 Å². The van der Waals surface area contributed by atoms with Gasteiger partial charge in [-0.05, 0) is 80.0 Å². The first kappa shape index (κ1) is 44.1. The number of nitrogens with one attached hydrogen (secondary N) is 2. The molecule has 2 aromatic rings. The molecule has 1 aliphatic carbocycles. The van der Waals surface area contributed by atoms with Crippen LogP contribution >= 0.6 is 0 Å². The van der Waals surface area contributed by atoms with Gasteiger partial charge in [0.15, 0.2) is 11.6 Å². The maximum atomic E-state index is 13.1. The average Bonchev–Trinajstić information content (AvgIpc) is 3.03. The van der Waals surface area contributed by atoms with Crippen LogP contribution in [0.1, 0.15) is 129 Å². The summed E-state index contributed by atoms with van der Waals surface area (Å²) < 4.78 is 0. The van der Waals surface area contributed by atoms with Crippen LogP contribution in [0.2, 0.25) is 0 Å². The minimum Gasteiger partial charge on any atom is -0.507 e. The Morgan fingerprint density at radius 1 is 0.556 bits per heavy atom. The molecular weight excluding hydrogens is 681 g/mol. The lowest BCUT2D eigenvalue weighted by atomic mass is 9.78. The van der Waals surface area contributed by atoms with E-state index in [1.54, 1.807) is 0 Å². The van der Waals surface area contributed by atoms with Crippen LogP contribution in [0.3, 0.4) is 0 Å². The second-order valence-electron chi connectivity index (χ2n) is 18.8. The summed E-state index contributed by atoms with van der Waals surface area (Å²) >= 11 is 0. The Bertz CT molecular complexity index is 1620. The first-order valence-corrected chi connectivity index (χ1v) is 18.9. The summed E-state index contributed by atoms with van der Waals surface area (Å²) in [5.41, 5.74) is 16.7. The molecule has 3 rings (SSSR count). The predicted molar refractivity (Wildman–Crippen MR) is 216 cm³/mol. The third-order valence-electron chi connectivity index (χ3n) is 9.83. The molecule has 10 nitrogen and oxygen atoms in total. The molecule has 2 aromatic carbocycles. The van der Waals surface area contributed by atoms with Gasteiger partial charge in [0.2, 0.25) is 11.8 Å². The maximum Gasteiger partial charge on any atom is 0.220 e. The number of aryl methyl sites for hydroxylation is 2. The van der Waals surface area contributed by atoms with Crippen LogP contribution in [0, 0.1) is 0 Å². The van der Waals surface area contributed by atoms with Crippen LogP contribution in [0.25, 0.3) is 0 Å². The standard InChI is InChI=1S/C44H64N4O6/c1-41(2,3)29-17-25(18-30(39(29)53)42(4,5)6)13-15-37(51)47-23-33(45)27-21-36(50)28(22-35(27)49)34(46)24-48-38(52)16-14-26-19-31(43(7,8)9)40(54)32(20-26)44(10,11)12/h17-22,33-34,53-54H,13-16,23-24,45-46H2,1-12H3,(H,47,51)(H,48,52). The number of nitrogens with two attached hydrogens (primary N) is 2. The number of amides is 2. The Hall–Kier alpha value is -4.28. The zero-order valence-corrected chi connectivity index (χ0v) is 34.5. The second kappa shape index (κ2) is 16.6. The van der Waals surface area contributed by atoms with Gasteiger partial charge in [0.25, 0.3) is 0 Å². The zero-order valence-electron chi connectivity index (χ0n) is 34.5. The number of phenolic OH excluding ortho intramolecular Hbond substituents is 2. The van der Waals surface area contributed by atoms with Gasteiger partial charge in [-0.3, -0.25) is 19.2 Å². The molecule has 0 bridgehead atoms. The Morgan fingerprint density at radius 3 is 1.06 bits per heavy atom. The van der Waals surface area contributed by atoms with Gasteiger partial charge in [0.05, 0.1) is 12.1 Å². The SMILES string of the molecule is CC(C)(C)c1cc(CCC(=O)NCC(N)C2=CC(=O)C(C(N)CNC(=O)CCc3cc(C(C)(C)C)c(O)c(C(C)(C)C)c3)=CC2=O)cc(C(C)(C)C)c1O. The van der Waals surface area contributed by atoms with Gasteiger partial charge in [-0.2, -0.15) is 0 Å². The molecule has 2 atom stereocenters. The largest absolute Gasteiger partial charge is 0.507 e. The number of aromatic hydroxyl groups is 2. The van der Waals surface area contributed by atoms with E-state index in [1.807, 2.05) is 107 Å². The van der Waals surface area contributed by atoms with Crippen LogP contribution in [0.5, 0.6) is 11.5 Å². The Kier molecular flexibility index (Phi) is 13.6. The molecule has 10 heteroatoms. The summed E-state index contributed by atoms with van der Waals surface area (Å²) in [7, 11) is 0. The number of ketones is 2. The number of rotatable bonds is 12. The molecule has 0 aromatic heterocycles. The van der Waals surface area contributed by atoms with Crippen LogP contribution in [-0.4, -0.2) is 58.8 Å². The lowest BCUT2D eigenvalue weighted by molar-refractivity contribution is -0.122. The van der Waals surface area contributed by atoms with Crippen molar-refractivity contribution in [3.05, 3.63) is 80.9 Å². The highest BCUT2D eigenvalue weighted by molar-refractivity contribution is 6.21. The molecule has 0 fully saturated rings. The minimum atomic E-state index is -0.912. The number of allylic oxidation sites excluding steroid dienone is 2. The molecular formula is C44H64N4O6. The van der Waals surface area contributed by atoms with E-state index < -0.39 is 23.7 Å². The molecule has 8 N–H and O–H groups in total. The average molecular weight is 745 g/mol. The van der Waals surface area contributed by atoms with E-state index in [0.29, 0.717) is 12.8 Å². The number of carbonyl (C=O) groups is 4. The maximum absolute atomic E-state index is 13.1. The number of carbonyl (C=O) groups excluding carboxylic acids is 4. The van der Waals surface area contributed by atoms with Crippen molar-refractivity contribution in [2.45, 2.75) is 143 Å². The molecule has 1 aliphatic rings. The number of benzene rings is 2. The van der Waals surface area contributed by atoms with Gasteiger partial charge in [0.1, 0.15) is 11.5 Å². The first-order chi connectivity index (χ1) is 24.6. The summed E-state index contributed by atoms with van der Waals surface area (Å²) in [5.74, 6) is -0.900. The lowest BCUT2D eigenvalue weighted by Gasteiger charge is -2.28. The third-order valence-corrected chi connectivity index (χ3v) is 9.83. The lowest BCUT2D eigenvalue weighted by Crippen LogP contribution is -2.44. The van der Waals surface area contributed by atoms with E-state index in [-0.39, 0.29) is 82.1 Å². The van der Waals surface area contributed by atoms with Gasteiger partial charge < -0.3 is 32.3 Å². The van der Waals surface area contributed by atoms with Crippen molar-refractivity contribution < 1.29 is 29.4 Å². The fourth-order valence-electron chi connectivity index (χ4n) is 6.49. The summed E-state index contributed by atoms with van der Waals surface area (Å²) in [6, 6.07) is 5.97. The summed E-state index contributed by atoms with van der Waals surface area (Å²) in [6.45, 7) is 24.4. The van der Waals surface area contributed by atoms with E-state index in [2.05, 4.69) is 10.6 Å². The van der Waals surface area contributed by atoms with E-state index >= 15 is 0 Å². The topological polar surface area (TPSA) is 185 Å². The fraction of sp³-hybridized carbons (Fsp3) is 0.545. The van der Waals surface area contributed by atoms with Gasteiger partial charge >= 0.3 is 0 Å². The van der Waals surface area contributed by atoms with Crippen LogP contribution < -0.4 is 22.1 Å². The molecule has 2 unspecified atom stereocenters. The van der Waals surface area contributed by atoms with Crippen molar-refractivity contribution >= 4 is 23.4 Å². The highest BCUT2D eigenvalue weighted by atomic mass is 16.3. The van der Waals surface area contributed by atoms with Crippen molar-refractivity contribution in [2.24, 2.45) is 11.5 Å². The van der Waals surface area contributed by atoms with Crippen molar-refractivity contribution in [1.82, 2.24) is 10.6 Å². The van der Waals surface area contributed by atoms with Crippen LogP contribution in [0.15, 0.2) is 47.6 Å².